The SMILES string of the molecule is COc1ccc(Br)c(C(=O)NC[C@H]2CCCO2)c1. The summed E-state index contributed by atoms with van der Waals surface area (Å²) in [6.45, 7) is 1.35. The highest BCUT2D eigenvalue weighted by Crippen LogP contribution is 2.22. The quantitative estimate of drug-likeness (QED) is 0.928. The van der Waals surface area contributed by atoms with Crippen LogP contribution in [0.15, 0.2) is 22.7 Å². The molecule has 0 radical (unpaired) electrons. The number of ether oxygens (including phenoxy) is 2. The molecule has 4 nitrogen and oxygen atoms in total. The van der Waals surface area contributed by atoms with Crippen molar-refractivity contribution in [3.05, 3.63) is 28.2 Å². The zero-order valence-corrected chi connectivity index (χ0v) is 11.8. The maximum atomic E-state index is 12.0. The van der Waals surface area contributed by atoms with E-state index < -0.39 is 0 Å². The Morgan fingerprint density at radius 3 is 3.11 bits per heavy atom. The van der Waals surface area contributed by atoms with Crippen molar-refractivity contribution in [1.82, 2.24) is 5.32 Å². The van der Waals surface area contributed by atoms with Crippen LogP contribution in [-0.2, 0) is 4.74 Å². The van der Waals surface area contributed by atoms with Crippen LogP contribution in [0.1, 0.15) is 23.2 Å². The molecule has 0 unspecified atom stereocenters. The predicted octanol–water partition coefficient (Wildman–Crippen LogP) is 2.37. The summed E-state index contributed by atoms with van der Waals surface area (Å²) in [5, 5.41) is 2.88. The van der Waals surface area contributed by atoms with Gasteiger partial charge in [0.15, 0.2) is 0 Å². The number of methoxy groups -OCH3 is 1. The number of amides is 1. The molecule has 0 spiro atoms. The van der Waals surface area contributed by atoms with Gasteiger partial charge in [-0.15, -0.1) is 0 Å². The average Bonchev–Trinajstić information content (AvgIpc) is 2.89. The molecule has 98 valence electrons. The fourth-order valence-corrected chi connectivity index (χ4v) is 2.34. The van der Waals surface area contributed by atoms with Crippen LogP contribution >= 0.6 is 15.9 Å². The van der Waals surface area contributed by atoms with E-state index >= 15 is 0 Å². The summed E-state index contributed by atoms with van der Waals surface area (Å²) in [7, 11) is 1.58. The molecule has 1 atom stereocenters. The molecule has 0 aromatic heterocycles. The van der Waals surface area contributed by atoms with Crippen molar-refractivity contribution in [3.8, 4) is 5.75 Å². The standard InChI is InChI=1S/C13H16BrNO3/c1-17-9-4-5-12(14)11(7-9)13(16)15-8-10-3-2-6-18-10/h4-5,7,10H,2-3,6,8H2,1H3,(H,15,16)/t10-/m1/s1. The van der Waals surface area contributed by atoms with E-state index in [0.29, 0.717) is 17.9 Å². The number of carbonyl (C=O) groups excluding carboxylic acids is 1. The van der Waals surface area contributed by atoms with Crippen LogP contribution in [0.3, 0.4) is 0 Å². The van der Waals surface area contributed by atoms with Gasteiger partial charge in [0, 0.05) is 17.6 Å². The second-order valence-corrected chi connectivity index (χ2v) is 5.05. The molecule has 0 aliphatic carbocycles. The minimum Gasteiger partial charge on any atom is -0.497 e. The van der Waals surface area contributed by atoms with Gasteiger partial charge >= 0.3 is 0 Å². The van der Waals surface area contributed by atoms with Crippen molar-refractivity contribution in [2.24, 2.45) is 0 Å². The summed E-state index contributed by atoms with van der Waals surface area (Å²) in [6.07, 6.45) is 2.24. The van der Waals surface area contributed by atoms with Crippen LogP contribution in [-0.4, -0.2) is 32.3 Å². The fourth-order valence-electron chi connectivity index (χ4n) is 1.91. The van der Waals surface area contributed by atoms with Gasteiger partial charge in [0.25, 0.3) is 5.91 Å². The highest BCUT2D eigenvalue weighted by atomic mass is 79.9. The van der Waals surface area contributed by atoms with Gasteiger partial charge in [0.2, 0.25) is 0 Å². The first kappa shape index (κ1) is 13.4. The van der Waals surface area contributed by atoms with Gasteiger partial charge in [-0.2, -0.15) is 0 Å². The lowest BCUT2D eigenvalue weighted by atomic mass is 10.2. The van der Waals surface area contributed by atoms with Crippen molar-refractivity contribution in [2.45, 2.75) is 18.9 Å². The van der Waals surface area contributed by atoms with E-state index in [-0.39, 0.29) is 12.0 Å². The Morgan fingerprint density at radius 2 is 2.44 bits per heavy atom. The Morgan fingerprint density at radius 1 is 1.61 bits per heavy atom. The van der Waals surface area contributed by atoms with Crippen molar-refractivity contribution in [1.29, 1.82) is 0 Å². The Balaban J connectivity index is 1.98. The number of hydrogen-bond donors (Lipinski definition) is 1. The number of carbonyl (C=O) groups is 1. The summed E-state index contributed by atoms with van der Waals surface area (Å²) in [6, 6.07) is 5.33. The monoisotopic (exact) mass is 313 g/mol. The van der Waals surface area contributed by atoms with Gasteiger partial charge in [-0.1, -0.05) is 0 Å². The summed E-state index contributed by atoms with van der Waals surface area (Å²) >= 11 is 3.37. The van der Waals surface area contributed by atoms with Crippen molar-refractivity contribution < 1.29 is 14.3 Å². The molecule has 1 aliphatic heterocycles. The molecule has 0 bridgehead atoms. The molecule has 1 aromatic rings. The van der Waals surface area contributed by atoms with Gasteiger partial charge < -0.3 is 14.8 Å². The van der Waals surface area contributed by atoms with Crippen molar-refractivity contribution >= 4 is 21.8 Å². The number of hydrogen-bond acceptors (Lipinski definition) is 3. The summed E-state index contributed by atoms with van der Waals surface area (Å²) < 4.78 is 11.3. The topological polar surface area (TPSA) is 47.6 Å². The molecule has 1 heterocycles. The zero-order chi connectivity index (χ0) is 13.0. The maximum Gasteiger partial charge on any atom is 0.252 e. The summed E-state index contributed by atoms with van der Waals surface area (Å²) in [5.41, 5.74) is 0.576. The molecule has 1 aliphatic rings. The molecule has 1 N–H and O–H groups in total. The van der Waals surface area contributed by atoms with E-state index in [1.54, 1.807) is 25.3 Å². The van der Waals surface area contributed by atoms with Crippen molar-refractivity contribution in [2.75, 3.05) is 20.3 Å². The largest absolute Gasteiger partial charge is 0.497 e. The van der Waals surface area contributed by atoms with Crippen molar-refractivity contribution in [3.63, 3.8) is 0 Å². The Kier molecular flexibility index (Phi) is 4.60. The molecular weight excluding hydrogens is 298 g/mol. The fraction of sp³-hybridized carbons (Fsp3) is 0.462. The number of benzene rings is 1. The first-order valence-corrected chi connectivity index (χ1v) is 6.73. The Bertz CT molecular complexity index is 430. The van der Waals surface area contributed by atoms with E-state index in [1.165, 1.54) is 0 Å². The van der Waals surface area contributed by atoms with E-state index in [9.17, 15) is 4.79 Å². The molecule has 1 amide bonds. The first-order chi connectivity index (χ1) is 8.70. The number of rotatable bonds is 4. The van der Waals surface area contributed by atoms with Crippen LogP contribution in [0, 0.1) is 0 Å². The van der Waals surface area contributed by atoms with E-state index in [1.807, 2.05) is 0 Å². The minimum atomic E-state index is -0.115. The smallest absolute Gasteiger partial charge is 0.252 e. The van der Waals surface area contributed by atoms with E-state index in [4.69, 9.17) is 9.47 Å². The molecular formula is C13H16BrNO3. The molecule has 5 heteroatoms. The first-order valence-electron chi connectivity index (χ1n) is 5.94. The molecule has 2 rings (SSSR count). The zero-order valence-electron chi connectivity index (χ0n) is 10.2. The molecule has 1 fully saturated rings. The minimum absolute atomic E-state index is 0.115. The molecule has 1 aromatic carbocycles. The van der Waals surface area contributed by atoms with Gasteiger partial charge in [-0.3, -0.25) is 4.79 Å². The van der Waals surface area contributed by atoms with Gasteiger partial charge in [-0.05, 0) is 47.0 Å². The van der Waals surface area contributed by atoms with Gasteiger partial charge in [0.1, 0.15) is 5.75 Å². The molecule has 0 saturated carbocycles. The van der Waals surface area contributed by atoms with E-state index in [2.05, 4.69) is 21.2 Å². The van der Waals surface area contributed by atoms with Crippen LogP contribution in [0.25, 0.3) is 0 Å². The lowest BCUT2D eigenvalue weighted by Crippen LogP contribution is -2.31. The Labute approximate surface area is 115 Å². The van der Waals surface area contributed by atoms with Gasteiger partial charge in [-0.25, -0.2) is 0 Å². The normalized spacial score (nSPS) is 18.7. The molecule has 1 saturated heterocycles. The Hall–Kier alpha value is -1.07. The third kappa shape index (κ3) is 3.23. The second-order valence-electron chi connectivity index (χ2n) is 4.19. The van der Waals surface area contributed by atoms with Crippen LogP contribution in [0.2, 0.25) is 0 Å². The predicted molar refractivity (Wildman–Crippen MR) is 72.0 cm³/mol. The summed E-state index contributed by atoms with van der Waals surface area (Å²) in [4.78, 5) is 12.0. The van der Waals surface area contributed by atoms with E-state index in [0.717, 1.165) is 23.9 Å². The highest BCUT2D eigenvalue weighted by Gasteiger charge is 2.17. The molecule has 18 heavy (non-hydrogen) atoms. The highest BCUT2D eigenvalue weighted by molar-refractivity contribution is 9.10. The number of nitrogens with one attached hydrogen (secondary N) is 1. The number of halogens is 1. The third-order valence-electron chi connectivity index (χ3n) is 2.93. The van der Waals surface area contributed by atoms with Gasteiger partial charge in [0.05, 0.1) is 18.8 Å². The average molecular weight is 314 g/mol. The van der Waals surface area contributed by atoms with Crippen LogP contribution in [0.4, 0.5) is 0 Å². The lowest BCUT2D eigenvalue weighted by molar-refractivity contribution is 0.0857. The van der Waals surface area contributed by atoms with Crippen LogP contribution < -0.4 is 10.1 Å². The lowest BCUT2D eigenvalue weighted by Gasteiger charge is -2.12. The maximum absolute atomic E-state index is 12.0. The summed E-state index contributed by atoms with van der Waals surface area (Å²) in [5.74, 6) is 0.553. The third-order valence-corrected chi connectivity index (χ3v) is 3.62. The second kappa shape index (κ2) is 6.20. The van der Waals surface area contributed by atoms with Crippen LogP contribution in [0.5, 0.6) is 5.75 Å².